The Balaban J connectivity index is 1.87. The predicted octanol–water partition coefficient (Wildman–Crippen LogP) is -1.82. The first-order valence-electron chi connectivity index (χ1n) is 8.11. The van der Waals surface area contributed by atoms with E-state index in [4.69, 9.17) is 14.5 Å². The van der Waals surface area contributed by atoms with Crippen molar-refractivity contribution in [3.05, 3.63) is 63.2 Å². The van der Waals surface area contributed by atoms with E-state index in [-0.39, 0.29) is 6.54 Å². The van der Waals surface area contributed by atoms with Crippen molar-refractivity contribution in [1.82, 2.24) is 14.1 Å². The number of phosphoric ester groups is 1. The highest BCUT2D eigenvalue weighted by Gasteiger charge is 2.45. The second-order valence-electron chi connectivity index (χ2n) is 6.08. The fourth-order valence-electron chi connectivity index (χ4n) is 2.79. The van der Waals surface area contributed by atoms with Gasteiger partial charge in [0.25, 0.3) is 5.56 Å². The van der Waals surface area contributed by atoms with Gasteiger partial charge < -0.3 is 24.7 Å². The number of rotatable bonds is 6. The summed E-state index contributed by atoms with van der Waals surface area (Å²) < 4.78 is 22.2. The molecule has 0 bridgehead atoms. The average molecular weight is 415 g/mol. The molecule has 1 fully saturated rings. The average Bonchev–Trinajstić information content (AvgIpc) is 2.92. The van der Waals surface area contributed by atoms with Gasteiger partial charge in [0.1, 0.15) is 18.3 Å². The van der Waals surface area contributed by atoms with Crippen LogP contribution in [0.5, 0.6) is 0 Å². The number of hydrogen-bond donors (Lipinski definition) is 4. The number of nitrogens with zero attached hydrogens (tertiary/aromatic N) is 3. The van der Waals surface area contributed by atoms with E-state index >= 15 is 0 Å². The van der Waals surface area contributed by atoms with E-state index in [1.165, 1.54) is 6.20 Å². The molecule has 3 heterocycles. The van der Waals surface area contributed by atoms with Crippen molar-refractivity contribution < 1.29 is 33.8 Å². The third-order valence-corrected chi connectivity index (χ3v) is 4.65. The number of aliphatic hydroxyl groups excluding tert-OH is 2. The van der Waals surface area contributed by atoms with Crippen LogP contribution in [0.15, 0.2) is 46.2 Å². The zero-order valence-electron chi connectivity index (χ0n) is 14.3. The number of hydrogen-bond acceptors (Lipinski definition) is 8. The SMILES string of the molecule is O=c1ccn([C@@H]2O[C@H](COP(=O)(O)O)[C@H](O)C2O)c(=O)n1Cc1ccccn1. The Labute approximate surface area is 157 Å². The monoisotopic (exact) mass is 415 g/mol. The minimum absolute atomic E-state index is 0.116. The van der Waals surface area contributed by atoms with Crippen LogP contribution >= 0.6 is 7.82 Å². The molecular formula is C15H18N3O9P. The van der Waals surface area contributed by atoms with E-state index in [1.54, 1.807) is 18.2 Å². The maximum Gasteiger partial charge on any atom is 0.469 e. The van der Waals surface area contributed by atoms with Crippen molar-refractivity contribution in [1.29, 1.82) is 0 Å². The maximum absolute atomic E-state index is 12.7. The molecule has 0 spiro atoms. The van der Waals surface area contributed by atoms with Crippen LogP contribution in [0.4, 0.5) is 0 Å². The Morgan fingerprint density at radius 2 is 1.93 bits per heavy atom. The number of pyridine rings is 1. The number of aromatic nitrogens is 3. The summed E-state index contributed by atoms with van der Waals surface area (Å²) in [6.45, 7) is -0.823. The molecule has 1 unspecified atom stereocenters. The van der Waals surface area contributed by atoms with Crippen molar-refractivity contribution >= 4 is 7.82 Å². The summed E-state index contributed by atoms with van der Waals surface area (Å²) in [5, 5.41) is 20.2. The van der Waals surface area contributed by atoms with Crippen molar-refractivity contribution in [2.24, 2.45) is 0 Å². The number of phosphoric acid groups is 1. The molecule has 0 amide bonds. The third-order valence-electron chi connectivity index (χ3n) is 4.16. The molecule has 0 saturated carbocycles. The fourth-order valence-corrected chi connectivity index (χ4v) is 3.13. The number of aliphatic hydroxyl groups is 2. The first-order valence-corrected chi connectivity index (χ1v) is 9.64. The van der Waals surface area contributed by atoms with Gasteiger partial charge in [0.05, 0.1) is 18.8 Å². The highest BCUT2D eigenvalue weighted by atomic mass is 31.2. The minimum atomic E-state index is -4.81. The zero-order valence-corrected chi connectivity index (χ0v) is 15.2. The molecule has 1 aliphatic rings. The Morgan fingerprint density at radius 1 is 1.18 bits per heavy atom. The van der Waals surface area contributed by atoms with Crippen LogP contribution in [0, 0.1) is 0 Å². The summed E-state index contributed by atoms with van der Waals surface area (Å²) in [5.74, 6) is 0. The topological polar surface area (TPSA) is 173 Å². The van der Waals surface area contributed by atoms with Gasteiger partial charge in [-0.05, 0) is 12.1 Å². The van der Waals surface area contributed by atoms with Gasteiger partial charge in [-0.3, -0.25) is 23.4 Å². The van der Waals surface area contributed by atoms with Crippen LogP contribution in [0.3, 0.4) is 0 Å². The number of ether oxygens (including phenoxy) is 1. The normalized spacial score (nSPS) is 25.1. The molecule has 1 aliphatic heterocycles. The quantitative estimate of drug-likeness (QED) is 0.394. The van der Waals surface area contributed by atoms with Crippen molar-refractivity contribution in [2.45, 2.75) is 31.1 Å². The Bertz CT molecular complexity index is 986. The zero-order chi connectivity index (χ0) is 20.5. The lowest BCUT2D eigenvalue weighted by molar-refractivity contribution is -0.0548. The summed E-state index contributed by atoms with van der Waals surface area (Å²) in [5.41, 5.74) is -0.951. The molecule has 0 aliphatic carbocycles. The maximum atomic E-state index is 12.7. The fraction of sp³-hybridized carbons (Fsp3) is 0.400. The highest BCUT2D eigenvalue weighted by Crippen LogP contribution is 2.38. The molecule has 4 N–H and O–H groups in total. The van der Waals surface area contributed by atoms with Gasteiger partial charge in [0.2, 0.25) is 0 Å². The van der Waals surface area contributed by atoms with Crippen LogP contribution in [0.1, 0.15) is 11.9 Å². The molecule has 3 rings (SSSR count). The summed E-state index contributed by atoms with van der Waals surface area (Å²) in [6, 6.07) is 6.09. The summed E-state index contributed by atoms with van der Waals surface area (Å²) in [6.07, 6.45) is -3.23. The van der Waals surface area contributed by atoms with Gasteiger partial charge in [-0.25, -0.2) is 9.36 Å². The minimum Gasteiger partial charge on any atom is -0.387 e. The largest absolute Gasteiger partial charge is 0.469 e. The molecule has 152 valence electrons. The van der Waals surface area contributed by atoms with Gasteiger partial charge in [0.15, 0.2) is 6.23 Å². The van der Waals surface area contributed by atoms with E-state index < -0.39 is 50.2 Å². The highest BCUT2D eigenvalue weighted by molar-refractivity contribution is 7.46. The van der Waals surface area contributed by atoms with E-state index in [1.807, 2.05) is 0 Å². The van der Waals surface area contributed by atoms with Crippen molar-refractivity contribution in [3.63, 3.8) is 0 Å². The molecule has 4 atom stereocenters. The van der Waals surface area contributed by atoms with Gasteiger partial charge in [0, 0.05) is 18.5 Å². The van der Waals surface area contributed by atoms with Crippen LogP contribution in [-0.2, 0) is 20.4 Å². The van der Waals surface area contributed by atoms with Crippen molar-refractivity contribution in [2.75, 3.05) is 6.61 Å². The van der Waals surface area contributed by atoms with Gasteiger partial charge in [-0.2, -0.15) is 0 Å². The van der Waals surface area contributed by atoms with E-state index in [0.29, 0.717) is 5.69 Å². The Kier molecular flexibility index (Phi) is 5.91. The smallest absolute Gasteiger partial charge is 0.387 e. The Morgan fingerprint density at radius 3 is 2.57 bits per heavy atom. The predicted molar refractivity (Wildman–Crippen MR) is 92.2 cm³/mol. The molecule has 0 aromatic carbocycles. The lowest BCUT2D eigenvalue weighted by Crippen LogP contribution is -2.43. The second-order valence-corrected chi connectivity index (χ2v) is 7.32. The molecule has 0 radical (unpaired) electrons. The first kappa shape index (κ1) is 20.6. The second kappa shape index (κ2) is 8.05. The molecular weight excluding hydrogens is 397 g/mol. The van der Waals surface area contributed by atoms with Crippen LogP contribution in [0.25, 0.3) is 0 Å². The summed E-state index contributed by atoms with van der Waals surface area (Å²) in [4.78, 5) is 46.4. The van der Waals surface area contributed by atoms with E-state index in [2.05, 4.69) is 9.51 Å². The lowest BCUT2D eigenvalue weighted by Gasteiger charge is -2.18. The molecule has 2 aromatic rings. The van der Waals surface area contributed by atoms with Crippen LogP contribution in [-0.4, -0.2) is 59.0 Å². The summed E-state index contributed by atoms with van der Waals surface area (Å²) >= 11 is 0. The molecule has 2 aromatic heterocycles. The van der Waals surface area contributed by atoms with E-state index in [0.717, 1.165) is 21.4 Å². The van der Waals surface area contributed by atoms with Gasteiger partial charge in [-0.1, -0.05) is 6.07 Å². The van der Waals surface area contributed by atoms with Crippen LogP contribution in [0.2, 0.25) is 0 Å². The lowest BCUT2D eigenvalue weighted by atomic mass is 10.1. The standard InChI is InChI=1S/C15H18N3O9P/c19-11-4-6-17(15(22)18(11)7-9-3-1-2-5-16-9)14-13(21)12(20)10(27-14)8-26-28(23,24)25/h1-6,10,12-14,20-21H,7-8H2,(H2,23,24,25)/t10-,12+,13?,14-/m1/s1. The molecule has 13 heteroatoms. The third kappa shape index (κ3) is 4.45. The van der Waals surface area contributed by atoms with Gasteiger partial charge in [-0.15, -0.1) is 0 Å². The molecule has 28 heavy (non-hydrogen) atoms. The van der Waals surface area contributed by atoms with Crippen LogP contribution < -0.4 is 11.2 Å². The van der Waals surface area contributed by atoms with Crippen molar-refractivity contribution in [3.8, 4) is 0 Å². The first-order chi connectivity index (χ1) is 13.2. The molecule has 12 nitrogen and oxygen atoms in total. The summed E-state index contributed by atoms with van der Waals surface area (Å²) in [7, 11) is -4.81. The van der Waals surface area contributed by atoms with E-state index in [9.17, 15) is 24.4 Å². The Hall–Kier alpha value is -2.18. The van der Waals surface area contributed by atoms with Gasteiger partial charge >= 0.3 is 13.5 Å². The molecule has 1 saturated heterocycles.